The first-order valence-corrected chi connectivity index (χ1v) is 5.03. The summed E-state index contributed by atoms with van der Waals surface area (Å²) >= 11 is 0. The van der Waals surface area contributed by atoms with E-state index in [1.807, 2.05) is 32.0 Å². The van der Waals surface area contributed by atoms with Crippen molar-refractivity contribution in [3.8, 4) is 0 Å². The Balaban J connectivity index is 2.45. The van der Waals surface area contributed by atoms with Crippen molar-refractivity contribution in [2.75, 3.05) is 5.43 Å². The lowest BCUT2D eigenvalue weighted by Gasteiger charge is -2.01. The van der Waals surface area contributed by atoms with Gasteiger partial charge in [-0.1, -0.05) is 0 Å². The largest absolute Gasteiger partial charge is 0.326 e. The van der Waals surface area contributed by atoms with Crippen LogP contribution in [0.1, 0.15) is 13.8 Å². The number of hydrogen-bond donors (Lipinski definition) is 2. The number of anilines is 1. The molecule has 0 aliphatic carbocycles. The molecule has 0 unspecified atom stereocenters. The van der Waals surface area contributed by atoms with E-state index in [2.05, 4.69) is 15.5 Å². The molecule has 0 radical (unpaired) electrons. The number of rotatable bonds is 2. The number of benzene rings is 1. The van der Waals surface area contributed by atoms with Gasteiger partial charge in [-0.25, -0.2) is 4.79 Å². The number of imidazole rings is 1. The molecule has 0 fully saturated rings. The maximum atomic E-state index is 11.4. The van der Waals surface area contributed by atoms with Crippen LogP contribution in [0.25, 0.3) is 11.0 Å². The first kappa shape index (κ1) is 10.5. The third-order valence-corrected chi connectivity index (χ3v) is 2.31. The van der Waals surface area contributed by atoms with Crippen molar-refractivity contribution in [3.63, 3.8) is 0 Å². The molecule has 1 aromatic carbocycles. The normalized spacial score (nSPS) is 10.4. The second-order valence-corrected chi connectivity index (χ2v) is 3.89. The van der Waals surface area contributed by atoms with Gasteiger partial charge in [0.05, 0.1) is 16.7 Å². The van der Waals surface area contributed by atoms with E-state index in [1.165, 1.54) is 0 Å². The summed E-state index contributed by atoms with van der Waals surface area (Å²) in [5.74, 6) is 0. The first-order chi connectivity index (χ1) is 7.58. The summed E-state index contributed by atoms with van der Waals surface area (Å²) in [5, 5.41) is 4.10. The van der Waals surface area contributed by atoms with E-state index in [4.69, 9.17) is 0 Å². The Hall–Kier alpha value is -2.04. The molecule has 84 valence electrons. The minimum absolute atomic E-state index is 0.109. The molecule has 5 heteroatoms. The van der Waals surface area contributed by atoms with Crippen molar-refractivity contribution < 1.29 is 0 Å². The van der Waals surface area contributed by atoms with Crippen molar-refractivity contribution in [2.45, 2.75) is 13.8 Å². The summed E-state index contributed by atoms with van der Waals surface area (Å²) in [6.07, 6.45) is 0. The highest BCUT2D eigenvalue weighted by Crippen LogP contribution is 2.15. The van der Waals surface area contributed by atoms with Gasteiger partial charge in [0.15, 0.2) is 0 Å². The molecule has 0 saturated carbocycles. The van der Waals surface area contributed by atoms with Crippen molar-refractivity contribution in [1.82, 2.24) is 9.55 Å². The molecule has 1 aromatic heterocycles. The van der Waals surface area contributed by atoms with E-state index in [9.17, 15) is 4.79 Å². The second kappa shape index (κ2) is 3.84. The molecule has 0 aliphatic rings. The number of aryl methyl sites for hydroxylation is 1. The molecule has 2 N–H and O–H groups in total. The molecule has 2 rings (SSSR count). The molecule has 5 nitrogen and oxygen atoms in total. The minimum Gasteiger partial charge on any atom is -0.305 e. The van der Waals surface area contributed by atoms with E-state index in [0.29, 0.717) is 0 Å². The SMILES string of the molecule is CC(C)=NNc1ccc2c(c1)[nH]c(=O)n2C. The summed E-state index contributed by atoms with van der Waals surface area (Å²) in [5.41, 5.74) is 6.30. The lowest BCUT2D eigenvalue weighted by Crippen LogP contribution is -2.11. The molecular formula is C11H14N4O. The molecule has 0 atom stereocenters. The number of nitrogens with one attached hydrogen (secondary N) is 2. The fraction of sp³-hybridized carbons (Fsp3) is 0.273. The summed E-state index contributed by atoms with van der Waals surface area (Å²) in [7, 11) is 1.74. The average Bonchev–Trinajstić information content (AvgIpc) is 2.52. The third kappa shape index (κ3) is 1.84. The van der Waals surface area contributed by atoms with Gasteiger partial charge in [0.2, 0.25) is 0 Å². The highest BCUT2D eigenvalue weighted by Gasteiger charge is 2.02. The number of nitrogens with zero attached hydrogens (tertiary/aromatic N) is 2. The Labute approximate surface area is 92.8 Å². The maximum absolute atomic E-state index is 11.4. The maximum Gasteiger partial charge on any atom is 0.326 e. The van der Waals surface area contributed by atoms with E-state index in [1.54, 1.807) is 11.6 Å². The Morgan fingerprint density at radius 1 is 1.44 bits per heavy atom. The van der Waals surface area contributed by atoms with Crippen LogP contribution in [0.5, 0.6) is 0 Å². The Morgan fingerprint density at radius 2 is 2.19 bits per heavy atom. The monoisotopic (exact) mass is 218 g/mol. The fourth-order valence-electron chi connectivity index (χ4n) is 1.48. The summed E-state index contributed by atoms with van der Waals surface area (Å²) in [6.45, 7) is 3.83. The number of aromatic amines is 1. The quantitative estimate of drug-likeness (QED) is 0.595. The van der Waals surface area contributed by atoms with E-state index >= 15 is 0 Å². The molecule has 0 aliphatic heterocycles. The smallest absolute Gasteiger partial charge is 0.305 e. The van der Waals surface area contributed by atoms with Crippen LogP contribution in [0, 0.1) is 0 Å². The van der Waals surface area contributed by atoms with Crippen molar-refractivity contribution >= 4 is 22.4 Å². The number of fused-ring (bicyclic) bond motifs is 1. The molecule has 16 heavy (non-hydrogen) atoms. The van der Waals surface area contributed by atoms with Gasteiger partial charge in [-0.15, -0.1) is 0 Å². The predicted molar refractivity (Wildman–Crippen MR) is 65.9 cm³/mol. The third-order valence-electron chi connectivity index (χ3n) is 2.31. The zero-order valence-corrected chi connectivity index (χ0v) is 9.53. The zero-order chi connectivity index (χ0) is 11.7. The number of aromatic nitrogens is 2. The standard InChI is InChI=1S/C11H14N4O/c1-7(2)13-14-8-4-5-10-9(6-8)12-11(16)15(10)3/h4-6,14H,1-3H3,(H,12,16). The number of hydrazone groups is 1. The average molecular weight is 218 g/mol. The van der Waals surface area contributed by atoms with Crippen molar-refractivity contribution in [1.29, 1.82) is 0 Å². The molecule has 0 spiro atoms. The second-order valence-electron chi connectivity index (χ2n) is 3.89. The summed E-state index contributed by atoms with van der Waals surface area (Å²) < 4.78 is 1.58. The summed E-state index contributed by atoms with van der Waals surface area (Å²) in [6, 6.07) is 5.64. The molecule has 2 aromatic rings. The van der Waals surface area contributed by atoms with Gasteiger partial charge in [0, 0.05) is 12.8 Å². The highest BCUT2D eigenvalue weighted by molar-refractivity contribution is 5.82. The van der Waals surface area contributed by atoms with Crippen LogP contribution in [0.15, 0.2) is 28.1 Å². The molecule has 0 saturated heterocycles. The Bertz CT molecular complexity index is 602. The van der Waals surface area contributed by atoms with Gasteiger partial charge in [0.25, 0.3) is 0 Å². The van der Waals surface area contributed by atoms with Gasteiger partial charge in [-0.05, 0) is 32.0 Å². The zero-order valence-electron chi connectivity index (χ0n) is 9.53. The summed E-state index contributed by atoms with van der Waals surface area (Å²) in [4.78, 5) is 14.1. The van der Waals surface area contributed by atoms with Crippen LogP contribution in [-0.2, 0) is 7.05 Å². The van der Waals surface area contributed by atoms with Crippen LogP contribution in [-0.4, -0.2) is 15.3 Å². The van der Waals surface area contributed by atoms with Crippen LogP contribution in [0.3, 0.4) is 0 Å². The molecule has 1 heterocycles. The highest BCUT2D eigenvalue weighted by atomic mass is 16.1. The van der Waals surface area contributed by atoms with E-state index in [-0.39, 0.29) is 5.69 Å². The topological polar surface area (TPSA) is 62.2 Å². The minimum atomic E-state index is -0.109. The lowest BCUT2D eigenvalue weighted by molar-refractivity contribution is 0.891. The van der Waals surface area contributed by atoms with Gasteiger partial charge < -0.3 is 4.98 Å². The van der Waals surface area contributed by atoms with Gasteiger partial charge >= 0.3 is 5.69 Å². The van der Waals surface area contributed by atoms with Crippen molar-refractivity contribution in [2.24, 2.45) is 12.1 Å². The number of H-pyrrole nitrogens is 1. The van der Waals surface area contributed by atoms with E-state index < -0.39 is 0 Å². The predicted octanol–water partition coefficient (Wildman–Crippen LogP) is 1.67. The van der Waals surface area contributed by atoms with Gasteiger partial charge in [-0.2, -0.15) is 5.10 Å². The number of hydrogen-bond acceptors (Lipinski definition) is 3. The molecular weight excluding hydrogens is 204 g/mol. The van der Waals surface area contributed by atoms with E-state index in [0.717, 1.165) is 22.4 Å². The van der Waals surface area contributed by atoms with Crippen LogP contribution in [0.4, 0.5) is 5.69 Å². The Morgan fingerprint density at radius 3 is 2.88 bits per heavy atom. The molecule has 0 amide bonds. The fourth-order valence-corrected chi connectivity index (χ4v) is 1.48. The van der Waals surface area contributed by atoms with Crippen LogP contribution < -0.4 is 11.1 Å². The van der Waals surface area contributed by atoms with Crippen LogP contribution in [0.2, 0.25) is 0 Å². The van der Waals surface area contributed by atoms with Crippen LogP contribution >= 0.6 is 0 Å². The Kier molecular flexibility index (Phi) is 2.52. The van der Waals surface area contributed by atoms with Gasteiger partial charge in [0.1, 0.15) is 0 Å². The van der Waals surface area contributed by atoms with Gasteiger partial charge in [-0.3, -0.25) is 9.99 Å². The van der Waals surface area contributed by atoms with Crippen molar-refractivity contribution in [3.05, 3.63) is 28.7 Å². The lowest BCUT2D eigenvalue weighted by atomic mass is 10.3. The first-order valence-electron chi connectivity index (χ1n) is 5.03. The molecule has 0 bridgehead atoms.